The summed E-state index contributed by atoms with van der Waals surface area (Å²) in [4.78, 5) is 13.9. The number of carbonyl (C=O) groups excluding carboxylic acids is 1. The van der Waals surface area contributed by atoms with Crippen molar-refractivity contribution in [2.45, 2.75) is 19.4 Å². The number of aromatic nitrogens is 2. The number of anilines is 3. The molecule has 1 unspecified atom stereocenters. The summed E-state index contributed by atoms with van der Waals surface area (Å²) >= 11 is -1.77. The van der Waals surface area contributed by atoms with Crippen LogP contribution < -0.4 is 16.1 Å². The molecule has 156 valence electrons. The van der Waals surface area contributed by atoms with Crippen LogP contribution in [0.5, 0.6) is 5.75 Å². The quantitative estimate of drug-likeness (QED) is 0.302. The number of benzene rings is 2. The summed E-state index contributed by atoms with van der Waals surface area (Å²) in [5.74, 6) is 0.0749. The first-order valence-electron chi connectivity index (χ1n) is 9.54. The third-order valence-corrected chi connectivity index (χ3v) is 5.42. The van der Waals surface area contributed by atoms with Crippen LogP contribution in [0.4, 0.5) is 17.3 Å². The Bertz CT molecular complexity index is 1040. The fourth-order valence-corrected chi connectivity index (χ4v) is 3.75. The van der Waals surface area contributed by atoms with Gasteiger partial charge >= 0.3 is 0 Å². The molecule has 2 atom stereocenters. The van der Waals surface area contributed by atoms with Crippen molar-refractivity contribution in [1.29, 1.82) is 0 Å². The molecule has 0 spiro atoms. The standard InChI is InChI=1S/C20H24BN5O3S/c1-4-14(12-8-6-5-7-9-12)22-18-19(25-30(29)24-18)23-15-11-10-13(21)16(17(15)27)20(28)26(2)3/h5-11,14,27H,4,21H2,1-3H3,(H,22,24)(H,23,25)/t14-,30?/m1/s1. The van der Waals surface area contributed by atoms with Gasteiger partial charge in [-0.15, -0.1) is 0 Å². The first-order chi connectivity index (χ1) is 14.3. The van der Waals surface area contributed by atoms with E-state index in [1.54, 1.807) is 34.1 Å². The number of amides is 1. The molecule has 0 aliphatic rings. The molecule has 0 bridgehead atoms. The van der Waals surface area contributed by atoms with Crippen molar-refractivity contribution in [2.75, 3.05) is 24.7 Å². The number of hydrogen-bond donors (Lipinski definition) is 3. The van der Waals surface area contributed by atoms with Crippen molar-refractivity contribution in [2.24, 2.45) is 0 Å². The number of phenols is 1. The van der Waals surface area contributed by atoms with E-state index in [0.717, 1.165) is 12.0 Å². The number of carbonyl (C=O) groups is 1. The molecular weight excluding hydrogens is 401 g/mol. The Kier molecular flexibility index (Phi) is 6.58. The highest BCUT2D eigenvalue weighted by Crippen LogP contribution is 2.34. The Balaban J connectivity index is 1.92. The summed E-state index contributed by atoms with van der Waals surface area (Å²) in [6.45, 7) is 2.03. The molecule has 0 aliphatic heterocycles. The van der Waals surface area contributed by atoms with Crippen molar-refractivity contribution in [1.82, 2.24) is 13.6 Å². The van der Waals surface area contributed by atoms with Crippen LogP contribution >= 0.6 is 11.1 Å². The molecule has 8 nitrogen and oxygen atoms in total. The van der Waals surface area contributed by atoms with Gasteiger partial charge in [-0.2, -0.15) is 0 Å². The van der Waals surface area contributed by atoms with Gasteiger partial charge in [0.2, 0.25) is 11.6 Å². The van der Waals surface area contributed by atoms with Crippen molar-refractivity contribution < 1.29 is 14.5 Å². The number of hydrogen-bond acceptors (Lipinski definition) is 7. The number of nitrogens with one attached hydrogen (secondary N) is 2. The maximum absolute atomic E-state index is 12.5. The molecule has 3 N–H and O–H groups in total. The Morgan fingerprint density at radius 3 is 2.50 bits per heavy atom. The Hall–Kier alpha value is -3.11. The summed E-state index contributed by atoms with van der Waals surface area (Å²) in [6, 6.07) is 13.2. The molecular formula is C20H24BN5O3S. The van der Waals surface area contributed by atoms with E-state index >= 15 is 0 Å². The van der Waals surface area contributed by atoms with E-state index in [-0.39, 0.29) is 34.8 Å². The Morgan fingerprint density at radius 1 is 1.20 bits per heavy atom. The van der Waals surface area contributed by atoms with Crippen LogP contribution in [-0.2, 0) is 0 Å². The van der Waals surface area contributed by atoms with Gasteiger partial charge in [-0.25, -0.2) is 0 Å². The molecule has 0 radical (unpaired) electrons. The predicted octanol–water partition coefficient (Wildman–Crippen LogP) is 2.18. The lowest BCUT2D eigenvalue weighted by Gasteiger charge is -2.18. The van der Waals surface area contributed by atoms with E-state index in [1.807, 2.05) is 37.3 Å². The van der Waals surface area contributed by atoms with Crippen LogP contribution in [0.2, 0.25) is 0 Å². The van der Waals surface area contributed by atoms with E-state index in [2.05, 4.69) is 19.4 Å². The van der Waals surface area contributed by atoms with E-state index in [0.29, 0.717) is 11.3 Å². The number of aromatic hydroxyl groups is 1. The van der Waals surface area contributed by atoms with Gasteiger partial charge in [0.25, 0.3) is 5.91 Å². The van der Waals surface area contributed by atoms with Crippen molar-refractivity contribution in [3.05, 3.63) is 53.6 Å². The average molecular weight is 425 g/mol. The minimum Gasteiger partial charge on any atom is -0.546 e. The van der Waals surface area contributed by atoms with E-state index in [9.17, 15) is 14.5 Å². The van der Waals surface area contributed by atoms with Gasteiger partial charge in [0.15, 0.2) is 16.9 Å². The second kappa shape index (κ2) is 9.14. The zero-order valence-corrected chi connectivity index (χ0v) is 18.2. The highest BCUT2D eigenvalue weighted by Gasteiger charge is 2.23. The SMILES string of the molecule is Bc1ccc(Nc2n[s+]([O-])nc2N[C@H](CC)c2ccccc2)c(O)c1C(=O)N(C)C. The van der Waals surface area contributed by atoms with E-state index < -0.39 is 11.1 Å². The van der Waals surface area contributed by atoms with Gasteiger partial charge < -0.3 is 25.2 Å². The number of nitrogens with zero attached hydrogens (tertiary/aromatic N) is 3. The maximum Gasteiger partial charge on any atom is 0.256 e. The second-order valence-corrected chi connectivity index (χ2v) is 7.93. The molecule has 1 amide bonds. The highest BCUT2D eigenvalue weighted by atomic mass is 32.2. The normalized spacial score (nSPS) is 12.3. The zero-order chi connectivity index (χ0) is 21.8. The molecule has 2 aromatic carbocycles. The van der Waals surface area contributed by atoms with Crippen LogP contribution in [-0.4, -0.2) is 51.2 Å². The average Bonchev–Trinajstić information content (AvgIpc) is 3.07. The minimum atomic E-state index is -1.77. The fourth-order valence-electron chi connectivity index (χ4n) is 3.13. The van der Waals surface area contributed by atoms with Crippen molar-refractivity contribution in [3.63, 3.8) is 0 Å². The molecule has 30 heavy (non-hydrogen) atoms. The molecule has 10 heteroatoms. The van der Waals surface area contributed by atoms with Crippen LogP contribution in [0.3, 0.4) is 0 Å². The van der Waals surface area contributed by atoms with Crippen LogP contribution in [0.1, 0.15) is 35.3 Å². The van der Waals surface area contributed by atoms with Crippen LogP contribution in [0.15, 0.2) is 42.5 Å². The van der Waals surface area contributed by atoms with Crippen LogP contribution in [0, 0.1) is 0 Å². The van der Waals surface area contributed by atoms with E-state index in [4.69, 9.17) is 0 Å². The molecule has 3 rings (SSSR count). The summed E-state index contributed by atoms with van der Waals surface area (Å²) in [5, 5.41) is 17.0. The maximum atomic E-state index is 12.5. The summed E-state index contributed by atoms with van der Waals surface area (Å²) in [6.07, 6.45) is 0.778. The lowest BCUT2D eigenvalue weighted by atomic mass is 9.88. The molecule has 1 aromatic heterocycles. The van der Waals surface area contributed by atoms with Crippen molar-refractivity contribution >= 4 is 47.7 Å². The molecule has 3 aromatic rings. The van der Waals surface area contributed by atoms with Gasteiger partial charge in [0.05, 0.1) is 17.3 Å². The first-order valence-corrected chi connectivity index (χ1v) is 10.6. The van der Waals surface area contributed by atoms with Gasteiger partial charge in [0.1, 0.15) is 7.85 Å². The topological polar surface area (TPSA) is 113 Å². The van der Waals surface area contributed by atoms with Gasteiger partial charge in [-0.3, -0.25) is 4.79 Å². The minimum absolute atomic E-state index is 0.0513. The number of phenolic OH excluding ortho intramolecular Hbond substituents is 1. The Labute approximate surface area is 179 Å². The monoisotopic (exact) mass is 425 g/mol. The molecule has 0 saturated carbocycles. The lowest BCUT2D eigenvalue weighted by Crippen LogP contribution is -2.28. The lowest BCUT2D eigenvalue weighted by molar-refractivity contribution is 0.0826. The summed E-state index contributed by atoms with van der Waals surface area (Å²) < 4.78 is 20.1. The summed E-state index contributed by atoms with van der Waals surface area (Å²) in [7, 11) is 4.99. The molecule has 0 saturated heterocycles. The largest absolute Gasteiger partial charge is 0.546 e. The summed E-state index contributed by atoms with van der Waals surface area (Å²) in [5.41, 5.74) is 2.20. The van der Waals surface area contributed by atoms with Gasteiger partial charge in [-0.1, -0.05) is 48.8 Å². The third-order valence-electron chi connectivity index (χ3n) is 4.74. The number of rotatable bonds is 7. The Morgan fingerprint density at radius 2 is 1.87 bits per heavy atom. The first kappa shape index (κ1) is 21.6. The zero-order valence-electron chi connectivity index (χ0n) is 17.3. The predicted molar refractivity (Wildman–Crippen MR) is 121 cm³/mol. The van der Waals surface area contributed by atoms with Gasteiger partial charge in [-0.05, 0) is 18.1 Å². The molecule has 1 heterocycles. The highest BCUT2D eigenvalue weighted by molar-refractivity contribution is 7.14. The third kappa shape index (κ3) is 4.55. The smallest absolute Gasteiger partial charge is 0.256 e. The van der Waals surface area contributed by atoms with Crippen molar-refractivity contribution in [3.8, 4) is 5.75 Å². The molecule has 0 aliphatic carbocycles. The second-order valence-electron chi connectivity index (χ2n) is 7.10. The van der Waals surface area contributed by atoms with Crippen LogP contribution in [0.25, 0.3) is 0 Å². The van der Waals surface area contributed by atoms with Gasteiger partial charge in [0, 0.05) is 22.8 Å². The van der Waals surface area contributed by atoms with E-state index in [1.165, 1.54) is 4.90 Å². The molecule has 0 fully saturated rings. The fraction of sp³-hybridized carbons (Fsp3) is 0.250.